The number of hydrogen-bond acceptors (Lipinski definition) is 4. The van der Waals surface area contributed by atoms with E-state index in [0.717, 1.165) is 40.8 Å². The lowest BCUT2D eigenvalue weighted by molar-refractivity contribution is 0.0598. The fourth-order valence-electron chi connectivity index (χ4n) is 3.17. The molecule has 4 heteroatoms. The second kappa shape index (κ2) is 9.62. The van der Waals surface area contributed by atoms with Gasteiger partial charge in [0.25, 0.3) is 0 Å². The maximum atomic E-state index is 12.3. The summed E-state index contributed by atoms with van der Waals surface area (Å²) in [5, 5.41) is 12.8. The third-order valence-electron chi connectivity index (χ3n) is 4.59. The molecular weight excluding hydrogens is 332 g/mol. The molecule has 0 bridgehead atoms. The molecule has 1 aromatic carbocycles. The van der Waals surface area contributed by atoms with Crippen molar-refractivity contribution in [2.24, 2.45) is 0 Å². The van der Waals surface area contributed by atoms with Crippen LogP contribution in [0, 0.1) is 6.92 Å². The molecule has 2 rings (SSSR count). The van der Waals surface area contributed by atoms with Crippen LogP contribution in [0.5, 0.6) is 5.75 Å². The topological polar surface area (TPSA) is 46.5 Å². The first-order valence-corrected chi connectivity index (χ1v) is 9.95. The van der Waals surface area contributed by atoms with E-state index in [9.17, 15) is 9.90 Å². The van der Waals surface area contributed by atoms with E-state index in [4.69, 9.17) is 4.74 Å². The number of unbranched alkanes of at least 4 members (excludes halogenated alkanes) is 5. The van der Waals surface area contributed by atoms with Crippen LogP contribution in [0.3, 0.4) is 0 Å². The number of methoxy groups -OCH3 is 1. The van der Waals surface area contributed by atoms with Crippen LogP contribution in [0.25, 0.3) is 10.4 Å². The van der Waals surface area contributed by atoms with E-state index in [1.54, 1.807) is 11.3 Å². The molecule has 136 valence electrons. The molecule has 1 N–H and O–H groups in total. The fraction of sp³-hybridized carbons (Fsp3) is 0.476. The molecule has 0 spiro atoms. The van der Waals surface area contributed by atoms with E-state index >= 15 is 0 Å². The molecule has 0 saturated carbocycles. The van der Waals surface area contributed by atoms with Crippen LogP contribution in [0.15, 0.2) is 23.6 Å². The van der Waals surface area contributed by atoms with Gasteiger partial charge in [-0.3, -0.25) is 0 Å². The summed E-state index contributed by atoms with van der Waals surface area (Å²) < 4.78 is 4.93. The first-order valence-electron chi connectivity index (χ1n) is 9.07. The second-order valence-corrected chi connectivity index (χ2v) is 7.38. The number of phenols is 1. The summed E-state index contributed by atoms with van der Waals surface area (Å²) in [5.74, 6) is -0.395. The largest absolute Gasteiger partial charge is 0.507 e. The zero-order valence-corrected chi connectivity index (χ0v) is 16.2. The van der Waals surface area contributed by atoms with E-state index in [1.807, 2.05) is 30.5 Å². The maximum Gasteiger partial charge on any atom is 0.342 e. The Balaban J connectivity index is 2.25. The zero-order chi connectivity index (χ0) is 18.2. The Morgan fingerprint density at radius 3 is 2.56 bits per heavy atom. The van der Waals surface area contributed by atoms with Crippen molar-refractivity contribution < 1.29 is 14.6 Å². The molecule has 3 nitrogen and oxygen atoms in total. The molecule has 0 aliphatic heterocycles. The number of carbonyl (C=O) groups is 1. The number of aromatic hydroxyl groups is 1. The normalized spacial score (nSPS) is 10.8. The summed E-state index contributed by atoms with van der Waals surface area (Å²) in [6.07, 6.45) is 7.99. The van der Waals surface area contributed by atoms with Crippen LogP contribution in [-0.4, -0.2) is 18.2 Å². The third kappa shape index (κ3) is 4.85. The summed E-state index contributed by atoms with van der Waals surface area (Å²) >= 11 is 1.55. The van der Waals surface area contributed by atoms with Gasteiger partial charge >= 0.3 is 5.97 Å². The van der Waals surface area contributed by atoms with Gasteiger partial charge in [0.1, 0.15) is 11.3 Å². The molecule has 2 aromatic rings. The van der Waals surface area contributed by atoms with Crippen LogP contribution in [0.1, 0.15) is 66.9 Å². The summed E-state index contributed by atoms with van der Waals surface area (Å²) in [6, 6.07) is 5.90. The van der Waals surface area contributed by atoms with Gasteiger partial charge < -0.3 is 9.84 Å². The Labute approximate surface area is 154 Å². The maximum absolute atomic E-state index is 12.3. The number of hydrogen-bond donors (Lipinski definition) is 1. The van der Waals surface area contributed by atoms with E-state index in [1.165, 1.54) is 32.8 Å². The Kier molecular flexibility index (Phi) is 7.51. The van der Waals surface area contributed by atoms with Gasteiger partial charge in [-0.15, -0.1) is 11.3 Å². The minimum Gasteiger partial charge on any atom is -0.507 e. The predicted octanol–water partition coefficient (Wildman–Crippen LogP) is 6.12. The number of esters is 1. The van der Waals surface area contributed by atoms with Crippen LogP contribution < -0.4 is 0 Å². The first-order chi connectivity index (χ1) is 12.1. The molecule has 0 atom stereocenters. The van der Waals surface area contributed by atoms with Gasteiger partial charge in [-0.1, -0.05) is 45.1 Å². The van der Waals surface area contributed by atoms with Crippen molar-refractivity contribution in [3.8, 4) is 16.2 Å². The second-order valence-electron chi connectivity index (χ2n) is 6.43. The molecule has 25 heavy (non-hydrogen) atoms. The van der Waals surface area contributed by atoms with Gasteiger partial charge in [-0.05, 0) is 48.4 Å². The van der Waals surface area contributed by atoms with Crippen molar-refractivity contribution in [3.63, 3.8) is 0 Å². The molecule has 0 amide bonds. The summed E-state index contributed by atoms with van der Waals surface area (Å²) in [6.45, 7) is 4.22. The predicted molar refractivity (Wildman–Crippen MR) is 105 cm³/mol. The SMILES string of the molecule is CCCCCCCCc1c(C)cc(-c2cccs2)c(C(=O)OC)c1O. The highest BCUT2D eigenvalue weighted by molar-refractivity contribution is 7.13. The number of aryl methyl sites for hydroxylation is 1. The quantitative estimate of drug-likeness (QED) is 0.433. The Morgan fingerprint density at radius 1 is 1.20 bits per heavy atom. The van der Waals surface area contributed by atoms with Crippen molar-refractivity contribution in [2.75, 3.05) is 7.11 Å². The summed E-state index contributed by atoms with van der Waals surface area (Å²) in [5.41, 5.74) is 2.94. The number of phenolic OH excluding ortho intramolecular Hbond substituents is 1. The minimum atomic E-state index is -0.481. The smallest absolute Gasteiger partial charge is 0.342 e. The first kappa shape index (κ1) is 19.5. The average Bonchev–Trinajstić information content (AvgIpc) is 3.13. The fourth-order valence-corrected chi connectivity index (χ4v) is 3.92. The number of ether oxygens (including phenoxy) is 1. The molecule has 0 radical (unpaired) electrons. The molecular formula is C21H28O3S. The lowest BCUT2D eigenvalue weighted by Gasteiger charge is -2.16. The average molecular weight is 361 g/mol. The highest BCUT2D eigenvalue weighted by Gasteiger charge is 2.23. The Morgan fingerprint density at radius 2 is 1.92 bits per heavy atom. The highest BCUT2D eigenvalue weighted by atomic mass is 32.1. The number of rotatable bonds is 9. The van der Waals surface area contributed by atoms with Crippen molar-refractivity contribution in [1.82, 2.24) is 0 Å². The molecule has 0 unspecified atom stereocenters. The van der Waals surface area contributed by atoms with Crippen molar-refractivity contribution in [1.29, 1.82) is 0 Å². The van der Waals surface area contributed by atoms with Gasteiger partial charge in [-0.2, -0.15) is 0 Å². The molecule has 0 saturated heterocycles. The van der Waals surface area contributed by atoms with E-state index < -0.39 is 5.97 Å². The van der Waals surface area contributed by atoms with Crippen molar-refractivity contribution in [3.05, 3.63) is 40.3 Å². The summed E-state index contributed by atoms with van der Waals surface area (Å²) in [7, 11) is 1.35. The van der Waals surface area contributed by atoms with Crippen LogP contribution in [-0.2, 0) is 11.2 Å². The monoisotopic (exact) mass is 360 g/mol. The zero-order valence-electron chi connectivity index (χ0n) is 15.4. The number of thiophene rings is 1. The standard InChI is InChI=1S/C21H28O3S/c1-4-5-6-7-8-9-11-16-15(2)14-17(18-12-10-13-25-18)19(20(16)22)21(23)24-3/h10,12-14,22H,4-9,11H2,1-3H3. The molecule has 1 heterocycles. The Bertz CT molecular complexity index is 690. The number of carbonyl (C=O) groups excluding carboxylic acids is 1. The van der Waals surface area contributed by atoms with Gasteiger partial charge in [0.15, 0.2) is 0 Å². The molecule has 0 aliphatic rings. The summed E-state index contributed by atoms with van der Waals surface area (Å²) in [4.78, 5) is 13.2. The lowest BCUT2D eigenvalue weighted by atomic mass is 9.93. The lowest BCUT2D eigenvalue weighted by Crippen LogP contribution is -2.07. The van der Waals surface area contributed by atoms with Gasteiger partial charge in [0.05, 0.1) is 7.11 Å². The molecule has 1 aromatic heterocycles. The highest BCUT2D eigenvalue weighted by Crippen LogP contribution is 2.38. The number of benzene rings is 1. The van der Waals surface area contributed by atoms with Crippen molar-refractivity contribution >= 4 is 17.3 Å². The van der Waals surface area contributed by atoms with Gasteiger partial charge in [-0.25, -0.2) is 4.79 Å². The van der Waals surface area contributed by atoms with Gasteiger partial charge in [0.2, 0.25) is 0 Å². The van der Waals surface area contributed by atoms with Crippen molar-refractivity contribution in [2.45, 2.75) is 58.8 Å². The molecule has 0 aliphatic carbocycles. The van der Waals surface area contributed by atoms with E-state index in [2.05, 4.69) is 6.92 Å². The van der Waals surface area contributed by atoms with Gasteiger partial charge in [0, 0.05) is 10.4 Å². The van der Waals surface area contributed by atoms with Crippen LogP contribution in [0.4, 0.5) is 0 Å². The molecule has 0 fully saturated rings. The van der Waals surface area contributed by atoms with E-state index in [-0.39, 0.29) is 11.3 Å². The van der Waals surface area contributed by atoms with Crippen LogP contribution >= 0.6 is 11.3 Å². The third-order valence-corrected chi connectivity index (χ3v) is 5.49. The van der Waals surface area contributed by atoms with E-state index in [0.29, 0.717) is 0 Å². The Hall–Kier alpha value is -1.81. The van der Waals surface area contributed by atoms with Crippen LogP contribution in [0.2, 0.25) is 0 Å². The minimum absolute atomic E-state index is 0.0869.